The third-order valence-corrected chi connectivity index (χ3v) is 1.59. The maximum atomic E-state index is 10.4. The standard InChI is InChI=1S/C10H11ClO3/c1-8(13-7-10(11)12)14-9-5-3-2-4-6-9/h2-6,8H,7H2,1H3. The van der Waals surface area contributed by atoms with Crippen LogP contribution in [0.1, 0.15) is 6.92 Å². The molecule has 0 spiro atoms. The number of carbonyl (C=O) groups is 1. The molecule has 1 rings (SSSR count). The lowest BCUT2D eigenvalue weighted by molar-refractivity contribution is -0.125. The summed E-state index contributed by atoms with van der Waals surface area (Å²) in [5.74, 6) is 0.696. The smallest absolute Gasteiger partial charge is 0.247 e. The van der Waals surface area contributed by atoms with Crippen LogP contribution in [0.4, 0.5) is 0 Å². The van der Waals surface area contributed by atoms with Gasteiger partial charge in [-0.15, -0.1) is 0 Å². The first-order valence-electron chi connectivity index (χ1n) is 4.20. The first-order valence-corrected chi connectivity index (χ1v) is 4.58. The number of para-hydroxylation sites is 1. The third kappa shape index (κ3) is 4.25. The van der Waals surface area contributed by atoms with Crippen LogP contribution in [-0.4, -0.2) is 18.1 Å². The molecule has 1 aromatic carbocycles. The minimum absolute atomic E-state index is 0.143. The van der Waals surface area contributed by atoms with Crippen LogP contribution >= 0.6 is 11.6 Å². The molecule has 1 unspecified atom stereocenters. The second-order valence-corrected chi connectivity index (χ2v) is 3.09. The van der Waals surface area contributed by atoms with Crippen LogP contribution in [0.3, 0.4) is 0 Å². The van der Waals surface area contributed by atoms with E-state index in [-0.39, 0.29) is 6.61 Å². The molecule has 0 aliphatic carbocycles. The fraction of sp³-hybridized carbons (Fsp3) is 0.300. The highest BCUT2D eigenvalue weighted by atomic mass is 35.5. The molecule has 1 atom stereocenters. The summed E-state index contributed by atoms with van der Waals surface area (Å²) >= 11 is 5.11. The van der Waals surface area contributed by atoms with Crippen molar-refractivity contribution in [3.8, 4) is 5.75 Å². The van der Waals surface area contributed by atoms with E-state index in [1.807, 2.05) is 30.3 Å². The summed E-state index contributed by atoms with van der Waals surface area (Å²) < 4.78 is 10.3. The van der Waals surface area contributed by atoms with E-state index in [0.717, 1.165) is 0 Å². The SMILES string of the molecule is CC(OCC(=O)Cl)Oc1ccccc1. The van der Waals surface area contributed by atoms with Gasteiger partial charge < -0.3 is 9.47 Å². The second-order valence-electron chi connectivity index (χ2n) is 2.66. The first kappa shape index (κ1) is 11.0. The molecule has 0 amide bonds. The number of rotatable bonds is 5. The molecule has 0 saturated heterocycles. The molecule has 0 aromatic heterocycles. The molecular weight excluding hydrogens is 204 g/mol. The van der Waals surface area contributed by atoms with E-state index in [4.69, 9.17) is 21.1 Å². The molecule has 0 heterocycles. The number of carbonyl (C=O) groups excluding carboxylic acids is 1. The summed E-state index contributed by atoms with van der Waals surface area (Å²) in [5, 5.41) is -0.534. The van der Waals surface area contributed by atoms with Crippen molar-refractivity contribution in [2.45, 2.75) is 13.2 Å². The highest BCUT2D eigenvalue weighted by Gasteiger charge is 2.05. The van der Waals surface area contributed by atoms with Gasteiger partial charge in [0, 0.05) is 0 Å². The van der Waals surface area contributed by atoms with Crippen molar-refractivity contribution in [3.63, 3.8) is 0 Å². The average Bonchev–Trinajstić information content (AvgIpc) is 2.16. The Bertz CT molecular complexity index is 287. The van der Waals surface area contributed by atoms with E-state index in [1.54, 1.807) is 6.92 Å². The summed E-state index contributed by atoms with van der Waals surface area (Å²) in [7, 11) is 0. The maximum absolute atomic E-state index is 10.4. The van der Waals surface area contributed by atoms with Crippen molar-refractivity contribution in [3.05, 3.63) is 30.3 Å². The minimum Gasteiger partial charge on any atom is -0.465 e. The zero-order valence-electron chi connectivity index (χ0n) is 7.77. The Morgan fingerprint density at radius 2 is 2.07 bits per heavy atom. The molecule has 3 nitrogen and oxygen atoms in total. The normalized spacial score (nSPS) is 12.1. The van der Waals surface area contributed by atoms with E-state index in [9.17, 15) is 4.79 Å². The quantitative estimate of drug-likeness (QED) is 0.557. The third-order valence-electron chi connectivity index (χ3n) is 1.48. The number of halogens is 1. The Morgan fingerprint density at radius 3 is 2.64 bits per heavy atom. The Labute approximate surface area is 87.6 Å². The van der Waals surface area contributed by atoms with Gasteiger partial charge in [0.25, 0.3) is 0 Å². The van der Waals surface area contributed by atoms with Gasteiger partial charge >= 0.3 is 0 Å². The van der Waals surface area contributed by atoms with E-state index in [1.165, 1.54) is 0 Å². The Morgan fingerprint density at radius 1 is 1.43 bits per heavy atom. The second kappa shape index (κ2) is 5.62. The van der Waals surface area contributed by atoms with Gasteiger partial charge in [-0.2, -0.15) is 0 Å². The summed E-state index contributed by atoms with van der Waals surface area (Å²) in [5.41, 5.74) is 0. The highest BCUT2D eigenvalue weighted by molar-refractivity contribution is 6.63. The van der Waals surface area contributed by atoms with Crippen molar-refractivity contribution < 1.29 is 14.3 Å². The largest absolute Gasteiger partial charge is 0.465 e. The number of benzene rings is 1. The number of hydrogen-bond donors (Lipinski definition) is 0. The van der Waals surface area contributed by atoms with Crippen LogP contribution in [0, 0.1) is 0 Å². The van der Waals surface area contributed by atoms with Crippen LogP contribution < -0.4 is 4.74 Å². The van der Waals surface area contributed by atoms with Crippen molar-refractivity contribution in [1.29, 1.82) is 0 Å². The van der Waals surface area contributed by atoms with Crippen LogP contribution in [-0.2, 0) is 9.53 Å². The van der Waals surface area contributed by atoms with Gasteiger partial charge in [-0.1, -0.05) is 18.2 Å². The van der Waals surface area contributed by atoms with Crippen LogP contribution in [0.25, 0.3) is 0 Å². The van der Waals surface area contributed by atoms with Crippen LogP contribution in [0.5, 0.6) is 5.75 Å². The molecule has 0 N–H and O–H groups in total. The summed E-state index contributed by atoms with van der Waals surface area (Å²) in [6.07, 6.45) is -0.486. The van der Waals surface area contributed by atoms with Gasteiger partial charge in [-0.05, 0) is 30.7 Å². The van der Waals surface area contributed by atoms with Gasteiger partial charge in [0.2, 0.25) is 5.24 Å². The van der Waals surface area contributed by atoms with E-state index in [0.29, 0.717) is 5.75 Å². The van der Waals surface area contributed by atoms with Crippen molar-refractivity contribution in [2.24, 2.45) is 0 Å². The molecule has 0 fully saturated rings. The Kier molecular flexibility index (Phi) is 4.43. The molecule has 14 heavy (non-hydrogen) atoms. The van der Waals surface area contributed by atoms with E-state index >= 15 is 0 Å². The number of hydrogen-bond acceptors (Lipinski definition) is 3. The molecule has 76 valence electrons. The van der Waals surface area contributed by atoms with E-state index in [2.05, 4.69) is 0 Å². The van der Waals surface area contributed by atoms with Gasteiger partial charge in [0.15, 0.2) is 6.29 Å². The Balaban J connectivity index is 2.34. The molecule has 0 saturated carbocycles. The molecule has 4 heteroatoms. The predicted octanol–water partition coefficient (Wildman–Crippen LogP) is 2.19. The fourth-order valence-electron chi connectivity index (χ4n) is 0.908. The minimum atomic E-state index is -0.534. The van der Waals surface area contributed by atoms with Gasteiger partial charge in [0.1, 0.15) is 12.4 Å². The van der Waals surface area contributed by atoms with Gasteiger partial charge in [-0.3, -0.25) is 4.79 Å². The molecular formula is C10H11ClO3. The monoisotopic (exact) mass is 214 g/mol. The Hall–Kier alpha value is -1.06. The maximum Gasteiger partial charge on any atom is 0.247 e. The zero-order chi connectivity index (χ0) is 10.4. The zero-order valence-corrected chi connectivity index (χ0v) is 8.53. The first-order chi connectivity index (χ1) is 6.68. The van der Waals surface area contributed by atoms with Gasteiger partial charge in [0.05, 0.1) is 0 Å². The summed E-state index contributed by atoms with van der Waals surface area (Å²) in [6.45, 7) is 1.56. The summed E-state index contributed by atoms with van der Waals surface area (Å²) in [6, 6.07) is 9.22. The molecule has 1 aromatic rings. The lowest BCUT2D eigenvalue weighted by atomic mass is 10.3. The van der Waals surface area contributed by atoms with Crippen LogP contribution in [0.15, 0.2) is 30.3 Å². The highest BCUT2D eigenvalue weighted by Crippen LogP contribution is 2.11. The van der Waals surface area contributed by atoms with E-state index < -0.39 is 11.5 Å². The summed E-state index contributed by atoms with van der Waals surface area (Å²) in [4.78, 5) is 10.4. The number of ether oxygens (including phenoxy) is 2. The van der Waals surface area contributed by atoms with Crippen LogP contribution in [0.2, 0.25) is 0 Å². The van der Waals surface area contributed by atoms with Crippen molar-refractivity contribution in [1.82, 2.24) is 0 Å². The molecule has 0 bridgehead atoms. The average molecular weight is 215 g/mol. The van der Waals surface area contributed by atoms with Crippen molar-refractivity contribution >= 4 is 16.8 Å². The fourth-order valence-corrected chi connectivity index (χ4v) is 0.971. The van der Waals surface area contributed by atoms with Crippen molar-refractivity contribution in [2.75, 3.05) is 6.61 Å². The molecule has 0 radical (unpaired) electrons. The topological polar surface area (TPSA) is 35.5 Å². The predicted molar refractivity (Wildman–Crippen MR) is 53.3 cm³/mol. The lowest BCUT2D eigenvalue weighted by Gasteiger charge is -2.13. The molecule has 0 aliphatic rings. The van der Waals surface area contributed by atoms with Gasteiger partial charge in [-0.25, -0.2) is 0 Å². The molecule has 0 aliphatic heterocycles. The lowest BCUT2D eigenvalue weighted by Crippen LogP contribution is -2.18.